The molecule has 1 aromatic carbocycles. The number of halogens is 1. The van der Waals surface area contributed by atoms with E-state index in [0.29, 0.717) is 10.7 Å². The molecule has 3 aromatic rings. The van der Waals surface area contributed by atoms with Crippen LogP contribution in [0.15, 0.2) is 47.6 Å². The van der Waals surface area contributed by atoms with E-state index < -0.39 is 10.0 Å². The molecule has 114 valence electrons. The second-order valence-electron chi connectivity index (χ2n) is 5.07. The quantitative estimate of drug-likeness (QED) is 0.799. The van der Waals surface area contributed by atoms with E-state index in [-0.39, 0.29) is 4.90 Å². The van der Waals surface area contributed by atoms with Crippen LogP contribution in [0.25, 0.3) is 22.2 Å². The highest BCUT2D eigenvalue weighted by atomic mass is 35.5. The van der Waals surface area contributed by atoms with E-state index >= 15 is 0 Å². The second-order valence-corrected chi connectivity index (χ2v) is 7.63. The number of benzene rings is 1. The van der Waals surface area contributed by atoms with Crippen LogP contribution >= 0.6 is 11.6 Å². The summed E-state index contributed by atoms with van der Waals surface area (Å²) >= 11 is 6.10. The number of aromatic amines is 1. The summed E-state index contributed by atoms with van der Waals surface area (Å²) in [5.74, 6) is 0. The highest BCUT2D eigenvalue weighted by molar-refractivity contribution is 7.89. The van der Waals surface area contributed by atoms with Crippen molar-refractivity contribution in [3.05, 3.63) is 47.7 Å². The van der Waals surface area contributed by atoms with E-state index in [9.17, 15) is 8.42 Å². The van der Waals surface area contributed by atoms with Gasteiger partial charge in [0.2, 0.25) is 10.0 Å². The molecule has 0 atom stereocenters. The zero-order valence-corrected chi connectivity index (χ0v) is 13.6. The molecule has 2 heterocycles. The summed E-state index contributed by atoms with van der Waals surface area (Å²) in [5.41, 5.74) is 2.28. The summed E-state index contributed by atoms with van der Waals surface area (Å²) in [5, 5.41) is 1.39. The van der Waals surface area contributed by atoms with Gasteiger partial charge in [0.15, 0.2) is 0 Å². The SMILES string of the molecule is CN(C)S(=O)(=O)c1cccc(-c2cnc3[nH]cc(Cl)c3c2)c1. The van der Waals surface area contributed by atoms with Crippen molar-refractivity contribution in [3.63, 3.8) is 0 Å². The maximum Gasteiger partial charge on any atom is 0.242 e. The van der Waals surface area contributed by atoms with Crippen molar-refractivity contribution < 1.29 is 8.42 Å². The van der Waals surface area contributed by atoms with Crippen LogP contribution in [0.1, 0.15) is 0 Å². The Morgan fingerprint density at radius 1 is 1.18 bits per heavy atom. The van der Waals surface area contributed by atoms with E-state index in [0.717, 1.165) is 16.5 Å². The Bertz CT molecular complexity index is 948. The maximum absolute atomic E-state index is 12.2. The van der Waals surface area contributed by atoms with E-state index in [1.165, 1.54) is 18.4 Å². The van der Waals surface area contributed by atoms with Crippen LogP contribution in [-0.4, -0.2) is 36.8 Å². The van der Waals surface area contributed by atoms with E-state index in [1.54, 1.807) is 30.6 Å². The lowest BCUT2D eigenvalue weighted by Gasteiger charge is -2.12. The molecule has 0 saturated carbocycles. The molecule has 5 nitrogen and oxygen atoms in total. The minimum Gasteiger partial charge on any atom is -0.345 e. The molecule has 0 unspecified atom stereocenters. The number of nitrogens with one attached hydrogen (secondary N) is 1. The molecular weight excluding hydrogens is 322 g/mol. The monoisotopic (exact) mass is 335 g/mol. The third-order valence-electron chi connectivity index (χ3n) is 3.43. The number of H-pyrrole nitrogens is 1. The van der Waals surface area contributed by atoms with Crippen LogP contribution in [0.5, 0.6) is 0 Å². The highest BCUT2D eigenvalue weighted by Crippen LogP contribution is 2.28. The van der Waals surface area contributed by atoms with Crippen LogP contribution in [0, 0.1) is 0 Å². The van der Waals surface area contributed by atoms with Gasteiger partial charge >= 0.3 is 0 Å². The minimum absolute atomic E-state index is 0.246. The third kappa shape index (κ3) is 2.49. The van der Waals surface area contributed by atoms with Crippen molar-refractivity contribution in [3.8, 4) is 11.1 Å². The zero-order chi connectivity index (χ0) is 15.9. The molecule has 0 aliphatic rings. The fourth-order valence-electron chi connectivity index (χ4n) is 2.18. The summed E-state index contributed by atoms with van der Waals surface area (Å²) in [6.07, 6.45) is 3.37. The van der Waals surface area contributed by atoms with Crippen molar-refractivity contribution in [2.24, 2.45) is 0 Å². The lowest BCUT2D eigenvalue weighted by Crippen LogP contribution is -2.22. The highest BCUT2D eigenvalue weighted by Gasteiger charge is 2.17. The van der Waals surface area contributed by atoms with Gasteiger partial charge in [0.05, 0.1) is 9.92 Å². The Morgan fingerprint density at radius 3 is 2.68 bits per heavy atom. The van der Waals surface area contributed by atoms with Gasteiger partial charge < -0.3 is 4.98 Å². The smallest absolute Gasteiger partial charge is 0.242 e. The van der Waals surface area contributed by atoms with Crippen molar-refractivity contribution >= 4 is 32.7 Å². The molecule has 3 rings (SSSR count). The standard InChI is InChI=1S/C15H14ClN3O2S/c1-19(2)22(20,21)12-5-3-4-10(6-12)11-7-13-14(16)9-18-15(13)17-8-11/h3-9H,1-2H3,(H,17,18). The van der Waals surface area contributed by atoms with Crippen LogP contribution in [0.3, 0.4) is 0 Å². The van der Waals surface area contributed by atoms with Crippen LogP contribution in [-0.2, 0) is 10.0 Å². The summed E-state index contributed by atoms with van der Waals surface area (Å²) in [7, 11) is -0.448. The Balaban J connectivity index is 2.13. The van der Waals surface area contributed by atoms with Crippen LogP contribution in [0.4, 0.5) is 0 Å². The maximum atomic E-state index is 12.2. The Labute approximate surface area is 133 Å². The van der Waals surface area contributed by atoms with Crippen molar-refractivity contribution in [2.75, 3.05) is 14.1 Å². The third-order valence-corrected chi connectivity index (χ3v) is 5.55. The number of sulfonamides is 1. The zero-order valence-electron chi connectivity index (χ0n) is 12.0. The van der Waals surface area contributed by atoms with Crippen LogP contribution < -0.4 is 0 Å². The summed E-state index contributed by atoms with van der Waals surface area (Å²) in [6, 6.07) is 8.67. The molecule has 0 fully saturated rings. The van der Waals surface area contributed by atoms with Gasteiger partial charge in [-0.25, -0.2) is 17.7 Å². The summed E-state index contributed by atoms with van der Waals surface area (Å²) in [6.45, 7) is 0. The number of fused-ring (bicyclic) bond motifs is 1. The lowest BCUT2D eigenvalue weighted by atomic mass is 10.1. The first-order valence-corrected chi connectivity index (χ1v) is 8.37. The average Bonchev–Trinajstić information content (AvgIpc) is 2.88. The van der Waals surface area contributed by atoms with Gasteiger partial charge in [0.25, 0.3) is 0 Å². The van der Waals surface area contributed by atoms with Crippen molar-refractivity contribution in [2.45, 2.75) is 4.90 Å². The molecule has 0 radical (unpaired) electrons. The largest absolute Gasteiger partial charge is 0.345 e. The van der Waals surface area contributed by atoms with Gasteiger partial charge in [-0.2, -0.15) is 0 Å². The molecule has 0 bridgehead atoms. The molecule has 0 spiro atoms. The number of hydrogen-bond acceptors (Lipinski definition) is 3. The Hall–Kier alpha value is -1.89. The van der Waals surface area contributed by atoms with Gasteiger partial charge in [0, 0.05) is 37.4 Å². The lowest BCUT2D eigenvalue weighted by molar-refractivity contribution is 0.521. The normalized spacial score (nSPS) is 12.2. The molecule has 0 saturated heterocycles. The van der Waals surface area contributed by atoms with Crippen molar-refractivity contribution in [1.82, 2.24) is 14.3 Å². The van der Waals surface area contributed by atoms with Gasteiger partial charge in [-0.15, -0.1) is 0 Å². The first kappa shape index (κ1) is 15.0. The number of hydrogen-bond donors (Lipinski definition) is 1. The molecule has 7 heteroatoms. The molecule has 0 aliphatic heterocycles. The van der Waals surface area contributed by atoms with Crippen LogP contribution in [0.2, 0.25) is 5.02 Å². The Kier molecular flexibility index (Phi) is 3.68. The summed E-state index contributed by atoms with van der Waals surface area (Å²) in [4.78, 5) is 7.52. The Morgan fingerprint density at radius 2 is 1.95 bits per heavy atom. The number of pyridine rings is 1. The fraction of sp³-hybridized carbons (Fsp3) is 0.133. The minimum atomic E-state index is -3.47. The molecule has 22 heavy (non-hydrogen) atoms. The van der Waals surface area contributed by atoms with Gasteiger partial charge in [-0.05, 0) is 23.8 Å². The molecule has 1 N–H and O–H groups in total. The van der Waals surface area contributed by atoms with E-state index in [4.69, 9.17) is 11.6 Å². The van der Waals surface area contributed by atoms with E-state index in [2.05, 4.69) is 9.97 Å². The predicted molar refractivity (Wildman–Crippen MR) is 87.4 cm³/mol. The first-order chi connectivity index (χ1) is 10.4. The second kappa shape index (κ2) is 5.39. The molecular formula is C15H14ClN3O2S. The topological polar surface area (TPSA) is 66.1 Å². The average molecular weight is 336 g/mol. The van der Waals surface area contributed by atoms with Gasteiger partial charge in [-0.3, -0.25) is 0 Å². The molecule has 0 amide bonds. The number of nitrogens with zero attached hydrogens (tertiary/aromatic N) is 2. The number of aromatic nitrogens is 2. The van der Waals surface area contributed by atoms with Gasteiger partial charge in [-0.1, -0.05) is 23.7 Å². The summed E-state index contributed by atoms with van der Waals surface area (Å²) < 4.78 is 25.6. The van der Waals surface area contributed by atoms with E-state index in [1.807, 2.05) is 12.1 Å². The number of rotatable bonds is 3. The fourth-order valence-corrected chi connectivity index (χ4v) is 3.32. The van der Waals surface area contributed by atoms with Gasteiger partial charge in [0.1, 0.15) is 5.65 Å². The molecule has 2 aromatic heterocycles. The molecule has 0 aliphatic carbocycles. The van der Waals surface area contributed by atoms with Crippen molar-refractivity contribution in [1.29, 1.82) is 0 Å². The predicted octanol–water partition coefficient (Wildman–Crippen LogP) is 3.13. The first-order valence-electron chi connectivity index (χ1n) is 6.55.